The smallest absolute Gasteiger partial charge is 0.265 e. The van der Waals surface area contributed by atoms with Gasteiger partial charge in [0.05, 0.1) is 16.9 Å². The van der Waals surface area contributed by atoms with Crippen LogP contribution in [0.1, 0.15) is 34.3 Å². The van der Waals surface area contributed by atoms with Crippen LogP contribution < -0.4 is 20.1 Å². The molecule has 0 aliphatic carbocycles. The molecule has 0 saturated carbocycles. The molecular weight excluding hydrogens is 386 g/mol. The van der Waals surface area contributed by atoms with Crippen LogP contribution in [0.5, 0.6) is 11.5 Å². The van der Waals surface area contributed by atoms with Crippen molar-refractivity contribution in [3.8, 4) is 11.5 Å². The van der Waals surface area contributed by atoms with Gasteiger partial charge in [0.2, 0.25) is 0 Å². The second-order valence-electron chi connectivity index (χ2n) is 7.03. The Morgan fingerprint density at radius 2 is 2.07 bits per heavy atom. The highest BCUT2D eigenvalue weighted by Gasteiger charge is 2.23. The molecule has 1 aromatic heterocycles. The van der Waals surface area contributed by atoms with E-state index in [0.717, 1.165) is 11.3 Å². The maximum atomic E-state index is 12.7. The minimum absolute atomic E-state index is 0.228. The molecule has 154 valence electrons. The van der Waals surface area contributed by atoms with Gasteiger partial charge in [-0.2, -0.15) is 0 Å². The Bertz CT molecular complexity index is 1100. The zero-order valence-electron chi connectivity index (χ0n) is 16.8. The molecule has 8 nitrogen and oxygen atoms in total. The van der Waals surface area contributed by atoms with Gasteiger partial charge in [-0.05, 0) is 57.2 Å². The Hall–Kier alpha value is -3.81. The quantitative estimate of drug-likeness (QED) is 0.666. The summed E-state index contributed by atoms with van der Waals surface area (Å²) in [5.74, 6) is 1.31. The highest BCUT2D eigenvalue weighted by Crippen LogP contribution is 2.32. The predicted molar refractivity (Wildman–Crippen MR) is 110 cm³/mol. The van der Waals surface area contributed by atoms with Gasteiger partial charge < -0.3 is 24.6 Å². The van der Waals surface area contributed by atoms with Gasteiger partial charge in [0, 0.05) is 11.3 Å². The molecule has 1 atom stereocenters. The number of benzene rings is 2. The van der Waals surface area contributed by atoms with Gasteiger partial charge in [0.25, 0.3) is 11.8 Å². The molecule has 0 radical (unpaired) electrons. The number of carbonyl (C=O) groups is 2. The molecule has 0 saturated heterocycles. The molecule has 2 amide bonds. The van der Waals surface area contributed by atoms with Crippen LogP contribution in [0.2, 0.25) is 0 Å². The number of aryl methyl sites for hydroxylation is 2. The Kier molecular flexibility index (Phi) is 5.14. The molecule has 0 bridgehead atoms. The van der Waals surface area contributed by atoms with Crippen LogP contribution in [-0.4, -0.2) is 23.1 Å². The van der Waals surface area contributed by atoms with Crippen LogP contribution >= 0.6 is 0 Å². The predicted octanol–water partition coefficient (Wildman–Crippen LogP) is 3.84. The molecule has 30 heavy (non-hydrogen) atoms. The van der Waals surface area contributed by atoms with Crippen molar-refractivity contribution in [3.05, 3.63) is 65.0 Å². The lowest BCUT2D eigenvalue weighted by atomic mass is 10.1. The highest BCUT2D eigenvalue weighted by atomic mass is 16.5. The van der Waals surface area contributed by atoms with Crippen LogP contribution in [0.4, 0.5) is 11.4 Å². The van der Waals surface area contributed by atoms with Gasteiger partial charge in [-0.1, -0.05) is 11.2 Å². The number of anilines is 2. The van der Waals surface area contributed by atoms with Gasteiger partial charge in [-0.25, -0.2) is 0 Å². The normalized spacial score (nSPS) is 15.0. The maximum Gasteiger partial charge on any atom is 0.265 e. The molecule has 2 heterocycles. The number of hydrogen-bond acceptors (Lipinski definition) is 6. The number of nitrogens with zero attached hydrogens (tertiary/aromatic N) is 1. The number of hydrogen-bond donors (Lipinski definition) is 2. The van der Waals surface area contributed by atoms with E-state index in [1.807, 2.05) is 13.8 Å². The van der Waals surface area contributed by atoms with Gasteiger partial charge in [-0.15, -0.1) is 0 Å². The molecule has 1 aliphatic heterocycles. The van der Waals surface area contributed by atoms with Crippen molar-refractivity contribution in [1.29, 1.82) is 0 Å². The summed E-state index contributed by atoms with van der Waals surface area (Å²) in [7, 11) is 0. The first-order valence-corrected chi connectivity index (χ1v) is 9.48. The van der Waals surface area contributed by atoms with Crippen LogP contribution in [0.3, 0.4) is 0 Å². The molecule has 2 N–H and O–H groups in total. The fraction of sp³-hybridized carbons (Fsp3) is 0.227. The number of aromatic nitrogens is 1. The second kappa shape index (κ2) is 7.90. The summed E-state index contributed by atoms with van der Waals surface area (Å²) in [6, 6.07) is 12.0. The van der Waals surface area contributed by atoms with E-state index in [0.29, 0.717) is 40.8 Å². The second-order valence-corrected chi connectivity index (χ2v) is 7.03. The summed E-state index contributed by atoms with van der Waals surface area (Å²) in [6.45, 7) is 5.66. The monoisotopic (exact) mass is 407 g/mol. The van der Waals surface area contributed by atoms with Crippen molar-refractivity contribution in [3.63, 3.8) is 0 Å². The van der Waals surface area contributed by atoms with Crippen LogP contribution in [0.25, 0.3) is 0 Å². The average Bonchev–Trinajstić information content (AvgIpc) is 3.05. The van der Waals surface area contributed by atoms with Crippen LogP contribution in [-0.2, 0) is 11.4 Å². The van der Waals surface area contributed by atoms with Crippen molar-refractivity contribution in [2.45, 2.75) is 33.5 Å². The number of fused-ring (bicyclic) bond motifs is 1. The lowest BCUT2D eigenvalue weighted by Crippen LogP contribution is -2.34. The summed E-state index contributed by atoms with van der Waals surface area (Å²) in [5, 5.41) is 9.49. The van der Waals surface area contributed by atoms with E-state index in [1.54, 1.807) is 49.4 Å². The number of amides is 2. The fourth-order valence-corrected chi connectivity index (χ4v) is 3.08. The lowest BCUT2D eigenvalue weighted by molar-refractivity contribution is -0.122. The Morgan fingerprint density at radius 1 is 1.23 bits per heavy atom. The van der Waals surface area contributed by atoms with Crippen molar-refractivity contribution in [1.82, 2.24) is 5.16 Å². The Labute approximate surface area is 173 Å². The molecule has 3 aromatic rings. The number of ether oxygens (including phenoxy) is 2. The summed E-state index contributed by atoms with van der Waals surface area (Å²) in [6.07, 6.45) is -0.550. The molecule has 4 rings (SSSR count). The lowest BCUT2D eigenvalue weighted by Gasteiger charge is -2.23. The van der Waals surface area contributed by atoms with E-state index in [9.17, 15) is 9.59 Å². The number of carbonyl (C=O) groups excluding carboxylic acids is 2. The number of rotatable bonds is 5. The highest BCUT2D eigenvalue weighted by molar-refractivity contribution is 6.05. The molecule has 0 unspecified atom stereocenters. The van der Waals surface area contributed by atoms with E-state index >= 15 is 0 Å². The topological polar surface area (TPSA) is 103 Å². The third-order valence-electron chi connectivity index (χ3n) is 4.83. The van der Waals surface area contributed by atoms with Crippen LogP contribution in [0, 0.1) is 13.8 Å². The molecule has 2 aromatic carbocycles. The minimum atomic E-state index is -0.550. The Morgan fingerprint density at radius 3 is 2.83 bits per heavy atom. The van der Waals surface area contributed by atoms with Crippen molar-refractivity contribution < 1.29 is 23.6 Å². The summed E-state index contributed by atoms with van der Waals surface area (Å²) in [4.78, 5) is 24.5. The maximum absolute atomic E-state index is 12.7. The van der Waals surface area contributed by atoms with E-state index in [1.165, 1.54) is 0 Å². The van der Waals surface area contributed by atoms with E-state index in [2.05, 4.69) is 15.8 Å². The van der Waals surface area contributed by atoms with Crippen molar-refractivity contribution >= 4 is 23.2 Å². The number of nitrogens with one attached hydrogen (secondary N) is 2. The average molecular weight is 407 g/mol. The summed E-state index contributed by atoms with van der Waals surface area (Å²) >= 11 is 0. The Balaban J connectivity index is 1.45. The van der Waals surface area contributed by atoms with Gasteiger partial charge in [-0.3, -0.25) is 9.59 Å². The minimum Gasteiger partial charge on any atom is -0.489 e. The molecule has 1 aliphatic rings. The zero-order chi connectivity index (χ0) is 21.3. The first-order valence-electron chi connectivity index (χ1n) is 9.48. The third kappa shape index (κ3) is 3.98. The summed E-state index contributed by atoms with van der Waals surface area (Å²) < 4.78 is 16.5. The van der Waals surface area contributed by atoms with E-state index in [-0.39, 0.29) is 11.8 Å². The van der Waals surface area contributed by atoms with E-state index < -0.39 is 6.10 Å². The SMILES string of the molecule is Cc1noc(C)c1COc1cccc(C(=O)Nc2ccc3c(c2)NC(=O)[C@@H](C)O3)c1. The summed E-state index contributed by atoms with van der Waals surface area (Å²) in [5.41, 5.74) is 3.17. The van der Waals surface area contributed by atoms with Gasteiger partial charge in [0.15, 0.2) is 6.10 Å². The molecule has 0 fully saturated rings. The first-order chi connectivity index (χ1) is 14.4. The van der Waals surface area contributed by atoms with Crippen molar-refractivity contribution in [2.75, 3.05) is 10.6 Å². The molecule has 0 spiro atoms. The largest absolute Gasteiger partial charge is 0.489 e. The zero-order valence-corrected chi connectivity index (χ0v) is 16.8. The molecule has 8 heteroatoms. The van der Waals surface area contributed by atoms with Gasteiger partial charge in [0.1, 0.15) is 23.9 Å². The molecular formula is C22H21N3O5. The van der Waals surface area contributed by atoms with Crippen molar-refractivity contribution in [2.24, 2.45) is 0 Å². The fourth-order valence-electron chi connectivity index (χ4n) is 3.08. The van der Waals surface area contributed by atoms with Crippen LogP contribution in [0.15, 0.2) is 47.0 Å². The standard InChI is InChI=1S/C22H21N3O5/c1-12-18(13(2)30-25-12)11-28-17-6-4-5-15(9-17)22(27)23-16-7-8-20-19(10-16)24-21(26)14(3)29-20/h4-10,14H,11H2,1-3H3,(H,23,27)(H,24,26)/t14-/m1/s1. The first kappa shape index (κ1) is 19.5. The van der Waals surface area contributed by atoms with Gasteiger partial charge >= 0.3 is 0 Å². The van der Waals surface area contributed by atoms with E-state index in [4.69, 9.17) is 14.0 Å². The third-order valence-corrected chi connectivity index (χ3v) is 4.83.